The Hall–Kier alpha value is -2.19. The van der Waals surface area contributed by atoms with E-state index in [0.29, 0.717) is 5.25 Å². The number of amides is 1. The Kier molecular flexibility index (Phi) is 6.63. The van der Waals surface area contributed by atoms with E-state index in [1.54, 1.807) is 11.8 Å². The third-order valence-corrected chi connectivity index (χ3v) is 6.29. The van der Waals surface area contributed by atoms with Gasteiger partial charge in [0.1, 0.15) is 5.01 Å². The normalized spacial score (nSPS) is 16.9. The van der Waals surface area contributed by atoms with Crippen molar-refractivity contribution in [1.29, 1.82) is 0 Å². The van der Waals surface area contributed by atoms with Crippen LogP contribution in [-0.4, -0.2) is 33.6 Å². The summed E-state index contributed by atoms with van der Waals surface area (Å²) in [7, 11) is 0. The molecule has 0 saturated heterocycles. The van der Waals surface area contributed by atoms with Crippen LogP contribution in [0.4, 0.5) is 5.69 Å². The average molecular weight is 402 g/mol. The van der Waals surface area contributed by atoms with Crippen molar-refractivity contribution >= 4 is 45.6 Å². The van der Waals surface area contributed by atoms with E-state index in [0.717, 1.165) is 45.8 Å². The lowest BCUT2D eigenvalue weighted by Gasteiger charge is -2.08. The predicted octanol–water partition coefficient (Wildman–Crippen LogP) is 3.83. The number of amidine groups is 1. The molecule has 1 atom stereocenters. The molecule has 0 fully saturated rings. The maximum absolute atomic E-state index is 12.0. The number of aryl methyl sites for hydroxylation is 1. The highest BCUT2D eigenvalue weighted by Gasteiger charge is 2.17. The second-order valence-electron chi connectivity index (χ2n) is 6.29. The van der Waals surface area contributed by atoms with E-state index in [1.165, 1.54) is 11.3 Å². The average Bonchev–Trinajstić information content (AvgIpc) is 3.29. The van der Waals surface area contributed by atoms with Crippen molar-refractivity contribution in [1.82, 2.24) is 10.4 Å². The topological polar surface area (TPSA) is 78.7 Å². The van der Waals surface area contributed by atoms with Gasteiger partial charge in [-0.05, 0) is 38.0 Å². The van der Waals surface area contributed by atoms with Gasteiger partial charge in [0.25, 0.3) is 0 Å². The van der Waals surface area contributed by atoms with Gasteiger partial charge in [-0.2, -0.15) is 5.10 Å². The van der Waals surface area contributed by atoms with Gasteiger partial charge in [-0.15, -0.1) is 11.3 Å². The summed E-state index contributed by atoms with van der Waals surface area (Å²) in [6, 6.07) is 7.96. The van der Waals surface area contributed by atoms with Gasteiger partial charge in [-0.3, -0.25) is 9.79 Å². The Bertz CT molecular complexity index is 857. The van der Waals surface area contributed by atoms with Crippen LogP contribution in [0.3, 0.4) is 0 Å². The SMILES string of the molecule is CC[C@H]1CN=C(Nc2ccc(/C(C)=N\NC(=O)Cc3nc(C)cs3)cc2)S1. The van der Waals surface area contributed by atoms with Gasteiger partial charge in [0.15, 0.2) is 5.17 Å². The number of aromatic nitrogens is 1. The molecule has 1 amide bonds. The molecule has 1 aliphatic rings. The summed E-state index contributed by atoms with van der Waals surface area (Å²) >= 11 is 3.28. The highest BCUT2D eigenvalue weighted by Crippen LogP contribution is 2.24. The summed E-state index contributed by atoms with van der Waals surface area (Å²) in [5.41, 5.74) is 6.24. The van der Waals surface area contributed by atoms with Crippen LogP contribution < -0.4 is 10.7 Å². The summed E-state index contributed by atoms with van der Waals surface area (Å²) in [6.07, 6.45) is 1.37. The van der Waals surface area contributed by atoms with Gasteiger partial charge >= 0.3 is 0 Å². The standard InChI is InChI=1S/C19H23N5OS2/c1-4-16-10-20-19(27-16)22-15-7-5-14(6-8-15)13(3)23-24-17(25)9-18-21-12(2)11-26-18/h5-8,11,16H,4,9-10H2,1-3H3,(H,20,22)(H,24,25)/b23-13-/t16-/m0/s1. The van der Waals surface area contributed by atoms with Gasteiger partial charge in [-0.1, -0.05) is 30.8 Å². The molecule has 6 nitrogen and oxygen atoms in total. The maximum Gasteiger partial charge on any atom is 0.246 e. The monoisotopic (exact) mass is 401 g/mol. The fraction of sp³-hybridized carbons (Fsp3) is 0.368. The lowest BCUT2D eigenvalue weighted by atomic mass is 10.1. The number of hydrogen-bond donors (Lipinski definition) is 2. The minimum absolute atomic E-state index is 0.163. The second kappa shape index (κ2) is 9.14. The fourth-order valence-electron chi connectivity index (χ4n) is 2.49. The van der Waals surface area contributed by atoms with Crippen LogP contribution in [-0.2, 0) is 11.2 Å². The molecule has 0 aliphatic carbocycles. The van der Waals surface area contributed by atoms with E-state index in [2.05, 4.69) is 32.7 Å². The molecule has 2 N–H and O–H groups in total. The number of nitrogens with zero attached hydrogens (tertiary/aromatic N) is 3. The highest BCUT2D eigenvalue weighted by molar-refractivity contribution is 8.15. The Balaban J connectivity index is 1.52. The van der Waals surface area contributed by atoms with Gasteiger partial charge < -0.3 is 5.32 Å². The zero-order valence-electron chi connectivity index (χ0n) is 15.7. The van der Waals surface area contributed by atoms with Gasteiger partial charge in [0.05, 0.1) is 18.7 Å². The van der Waals surface area contributed by atoms with Crippen molar-refractivity contribution in [2.75, 3.05) is 11.9 Å². The number of thioether (sulfide) groups is 1. The van der Waals surface area contributed by atoms with Crippen molar-refractivity contribution in [3.8, 4) is 0 Å². The molecule has 0 bridgehead atoms. The Labute approximate surface area is 167 Å². The Morgan fingerprint density at radius 2 is 2.11 bits per heavy atom. The van der Waals surface area contributed by atoms with Gasteiger partial charge in [0.2, 0.25) is 5.91 Å². The molecule has 0 radical (unpaired) electrons. The lowest BCUT2D eigenvalue weighted by Crippen LogP contribution is -2.21. The van der Waals surface area contributed by atoms with Crippen LogP contribution in [0, 0.1) is 6.92 Å². The highest BCUT2D eigenvalue weighted by atomic mass is 32.2. The molecule has 3 rings (SSSR count). The first-order valence-electron chi connectivity index (χ1n) is 8.86. The molecule has 2 aromatic rings. The quantitative estimate of drug-likeness (QED) is 0.570. The van der Waals surface area contributed by atoms with Crippen LogP contribution in [0.25, 0.3) is 0 Å². The number of anilines is 1. The van der Waals surface area contributed by atoms with Crippen molar-refractivity contribution in [2.45, 2.75) is 38.9 Å². The number of carbonyl (C=O) groups is 1. The Morgan fingerprint density at radius 3 is 2.74 bits per heavy atom. The minimum atomic E-state index is -0.163. The van der Waals surface area contributed by atoms with E-state index in [1.807, 2.05) is 43.5 Å². The van der Waals surface area contributed by atoms with Crippen LogP contribution in [0.15, 0.2) is 39.7 Å². The van der Waals surface area contributed by atoms with Crippen molar-refractivity contribution in [2.24, 2.45) is 10.1 Å². The number of benzene rings is 1. The summed E-state index contributed by atoms with van der Waals surface area (Å²) < 4.78 is 0. The van der Waals surface area contributed by atoms with Crippen LogP contribution >= 0.6 is 23.1 Å². The molecular formula is C19H23N5OS2. The van der Waals surface area contributed by atoms with Gasteiger partial charge in [-0.25, -0.2) is 10.4 Å². The molecule has 8 heteroatoms. The molecule has 142 valence electrons. The Morgan fingerprint density at radius 1 is 1.33 bits per heavy atom. The number of thiazole rings is 1. The predicted molar refractivity (Wildman–Crippen MR) is 115 cm³/mol. The first-order valence-corrected chi connectivity index (χ1v) is 10.6. The van der Waals surface area contributed by atoms with E-state index in [9.17, 15) is 4.79 Å². The molecule has 1 aliphatic heterocycles. The lowest BCUT2D eigenvalue weighted by molar-refractivity contribution is -0.120. The zero-order valence-corrected chi connectivity index (χ0v) is 17.3. The minimum Gasteiger partial charge on any atom is -0.335 e. The van der Waals surface area contributed by atoms with Crippen molar-refractivity contribution in [3.05, 3.63) is 45.9 Å². The first kappa shape index (κ1) is 19.6. The summed E-state index contributed by atoms with van der Waals surface area (Å²) in [6.45, 7) is 6.86. The number of aliphatic imine (C=N–C) groups is 1. The molecule has 0 saturated carbocycles. The number of nitrogens with one attached hydrogen (secondary N) is 2. The third-order valence-electron chi connectivity index (χ3n) is 4.05. The molecule has 1 aromatic heterocycles. The largest absolute Gasteiger partial charge is 0.335 e. The molecule has 27 heavy (non-hydrogen) atoms. The molecule has 0 spiro atoms. The molecule has 0 unspecified atom stereocenters. The number of hydrazone groups is 1. The maximum atomic E-state index is 12.0. The van der Waals surface area contributed by atoms with Crippen molar-refractivity contribution < 1.29 is 4.79 Å². The number of hydrogen-bond acceptors (Lipinski definition) is 7. The zero-order chi connectivity index (χ0) is 19.2. The summed E-state index contributed by atoms with van der Waals surface area (Å²) in [5, 5.41) is 11.8. The smallest absolute Gasteiger partial charge is 0.246 e. The van der Waals surface area contributed by atoms with Gasteiger partial charge in [0, 0.05) is 22.0 Å². The number of rotatable bonds is 6. The summed E-state index contributed by atoms with van der Waals surface area (Å²) in [4.78, 5) is 20.8. The van der Waals surface area contributed by atoms with E-state index in [-0.39, 0.29) is 12.3 Å². The molecule has 2 heterocycles. The molecule has 1 aromatic carbocycles. The molecular weight excluding hydrogens is 378 g/mol. The van der Waals surface area contributed by atoms with E-state index in [4.69, 9.17) is 0 Å². The number of carbonyl (C=O) groups excluding carboxylic acids is 1. The van der Waals surface area contributed by atoms with E-state index < -0.39 is 0 Å². The summed E-state index contributed by atoms with van der Waals surface area (Å²) in [5.74, 6) is -0.163. The van der Waals surface area contributed by atoms with Crippen molar-refractivity contribution in [3.63, 3.8) is 0 Å². The fourth-order valence-corrected chi connectivity index (χ4v) is 4.22. The van der Waals surface area contributed by atoms with E-state index >= 15 is 0 Å². The van der Waals surface area contributed by atoms with Crippen LogP contribution in [0.2, 0.25) is 0 Å². The third kappa shape index (κ3) is 5.64. The first-order chi connectivity index (χ1) is 13.0. The second-order valence-corrected chi connectivity index (χ2v) is 8.52. The van der Waals surface area contributed by atoms with Crippen LogP contribution in [0.5, 0.6) is 0 Å². The van der Waals surface area contributed by atoms with Crippen LogP contribution in [0.1, 0.15) is 36.5 Å².